The van der Waals surface area contributed by atoms with Crippen molar-refractivity contribution < 1.29 is 14.3 Å². The highest BCUT2D eigenvalue weighted by Crippen LogP contribution is 2.27. The molecule has 1 heterocycles. The van der Waals surface area contributed by atoms with Gasteiger partial charge >= 0.3 is 0 Å². The predicted molar refractivity (Wildman–Crippen MR) is 110 cm³/mol. The Morgan fingerprint density at radius 1 is 1.11 bits per heavy atom. The zero-order valence-electron chi connectivity index (χ0n) is 16.9. The molecular formula is C22H25N3O3. The van der Waals surface area contributed by atoms with Crippen LogP contribution in [0.2, 0.25) is 0 Å². The number of aliphatic imine (C=N–C) groups is 1. The summed E-state index contributed by atoms with van der Waals surface area (Å²) in [5.74, 6) is 0.204. The molecule has 146 valence electrons. The maximum absolute atomic E-state index is 13.0. The first-order valence-electron chi connectivity index (χ1n) is 9.15. The zero-order chi connectivity index (χ0) is 20.5. The van der Waals surface area contributed by atoms with E-state index in [1.807, 2.05) is 45.9 Å². The Kier molecular flexibility index (Phi) is 5.23. The Hall–Kier alpha value is -3.15. The topological polar surface area (TPSA) is 71.0 Å². The van der Waals surface area contributed by atoms with Crippen molar-refractivity contribution in [2.45, 2.75) is 33.4 Å². The van der Waals surface area contributed by atoms with E-state index in [2.05, 4.69) is 10.3 Å². The normalized spacial score (nSPS) is 15.4. The van der Waals surface area contributed by atoms with E-state index >= 15 is 0 Å². The molecule has 28 heavy (non-hydrogen) atoms. The maximum Gasteiger partial charge on any atom is 0.275 e. The van der Waals surface area contributed by atoms with Crippen molar-refractivity contribution in [1.82, 2.24) is 4.90 Å². The molecule has 0 saturated heterocycles. The average Bonchev–Trinajstić information content (AvgIpc) is 2.88. The lowest BCUT2D eigenvalue weighted by Gasteiger charge is -2.29. The van der Waals surface area contributed by atoms with E-state index in [4.69, 9.17) is 4.74 Å². The van der Waals surface area contributed by atoms with Crippen LogP contribution in [0.15, 0.2) is 47.5 Å². The molecule has 2 aromatic rings. The lowest BCUT2D eigenvalue weighted by Crippen LogP contribution is -2.46. The summed E-state index contributed by atoms with van der Waals surface area (Å²) in [7, 11) is 1.59. The fourth-order valence-corrected chi connectivity index (χ4v) is 3.29. The number of para-hydroxylation sites is 1. The molecule has 1 aliphatic rings. The highest BCUT2D eigenvalue weighted by atomic mass is 16.5. The monoisotopic (exact) mass is 379 g/mol. The van der Waals surface area contributed by atoms with Crippen molar-refractivity contribution >= 4 is 23.2 Å². The Balaban J connectivity index is 1.77. The number of nitrogens with one attached hydrogen (secondary N) is 1. The molecule has 6 nitrogen and oxygen atoms in total. The molecule has 0 aromatic heterocycles. The molecule has 0 unspecified atom stereocenters. The molecule has 2 aromatic carbocycles. The van der Waals surface area contributed by atoms with Gasteiger partial charge in [-0.05, 0) is 63.1 Å². The molecule has 2 amide bonds. The third kappa shape index (κ3) is 3.76. The second-order valence-electron chi connectivity index (χ2n) is 7.39. The highest BCUT2D eigenvalue weighted by Gasteiger charge is 2.41. The van der Waals surface area contributed by atoms with Crippen LogP contribution in [0.4, 0.5) is 5.69 Å². The van der Waals surface area contributed by atoms with Gasteiger partial charge in [-0.25, -0.2) is 0 Å². The lowest BCUT2D eigenvalue weighted by atomic mass is 10.1. The summed E-state index contributed by atoms with van der Waals surface area (Å²) in [6.45, 7) is 7.47. The van der Waals surface area contributed by atoms with Crippen LogP contribution in [0, 0.1) is 13.8 Å². The van der Waals surface area contributed by atoms with E-state index < -0.39 is 5.66 Å². The smallest absolute Gasteiger partial charge is 0.275 e. The quantitative estimate of drug-likeness (QED) is 0.866. The van der Waals surface area contributed by atoms with Crippen LogP contribution < -0.4 is 10.1 Å². The van der Waals surface area contributed by atoms with Crippen LogP contribution in [-0.4, -0.2) is 41.7 Å². The summed E-state index contributed by atoms with van der Waals surface area (Å²) in [6.07, 6.45) is 0. The summed E-state index contributed by atoms with van der Waals surface area (Å²) >= 11 is 0. The summed E-state index contributed by atoms with van der Waals surface area (Å²) < 4.78 is 5.16. The van der Waals surface area contributed by atoms with E-state index in [0.717, 1.165) is 16.8 Å². The Morgan fingerprint density at radius 3 is 2.29 bits per heavy atom. The molecule has 6 heteroatoms. The van der Waals surface area contributed by atoms with E-state index in [0.29, 0.717) is 17.0 Å². The summed E-state index contributed by atoms with van der Waals surface area (Å²) in [6, 6.07) is 13.0. The van der Waals surface area contributed by atoms with E-state index in [1.165, 1.54) is 4.90 Å². The summed E-state index contributed by atoms with van der Waals surface area (Å²) in [5.41, 5.74) is 3.01. The number of benzene rings is 2. The van der Waals surface area contributed by atoms with Gasteiger partial charge in [0.2, 0.25) is 5.91 Å². The summed E-state index contributed by atoms with van der Waals surface area (Å²) in [4.78, 5) is 31.7. The van der Waals surface area contributed by atoms with Crippen molar-refractivity contribution in [2.75, 3.05) is 19.0 Å². The van der Waals surface area contributed by atoms with Crippen molar-refractivity contribution in [1.29, 1.82) is 0 Å². The number of rotatable bonds is 5. The van der Waals surface area contributed by atoms with Crippen LogP contribution >= 0.6 is 0 Å². The Morgan fingerprint density at radius 2 is 1.71 bits per heavy atom. The van der Waals surface area contributed by atoms with Crippen LogP contribution in [0.1, 0.15) is 30.5 Å². The van der Waals surface area contributed by atoms with Gasteiger partial charge in [-0.2, -0.15) is 0 Å². The number of hydrogen-bond acceptors (Lipinski definition) is 4. The number of aryl methyl sites for hydroxylation is 2. The van der Waals surface area contributed by atoms with Gasteiger partial charge in [0.05, 0.1) is 7.11 Å². The van der Waals surface area contributed by atoms with Crippen molar-refractivity contribution in [3.05, 3.63) is 59.2 Å². The zero-order valence-corrected chi connectivity index (χ0v) is 16.9. The van der Waals surface area contributed by atoms with Gasteiger partial charge in [-0.1, -0.05) is 18.2 Å². The SMILES string of the molecule is COc1ccc(C2=NC(C)(C)N(CC(=O)Nc3c(C)cccc3C)C2=O)cc1. The molecule has 0 spiro atoms. The molecule has 0 atom stereocenters. The minimum Gasteiger partial charge on any atom is -0.497 e. The molecular weight excluding hydrogens is 354 g/mol. The second-order valence-corrected chi connectivity index (χ2v) is 7.39. The third-order valence-electron chi connectivity index (χ3n) is 4.90. The first-order valence-corrected chi connectivity index (χ1v) is 9.15. The first-order chi connectivity index (χ1) is 13.2. The van der Waals surface area contributed by atoms with E-state index in [-0.39, 0.29) is 18.4 Å². The molecule has 0 bridgehead atoms. The standard InChI is InChI=1S/C22H25N3O3/c1-14-7-6-8-15(2)19(14)23-18(26)13-25-21(27)20(24-22(25,3)4)16-9-11-17(28-5)12-10-16/h6-12H,13H2,1-5H3,(H,23,26). The minimum absolute atomic E-state index is 0.0667. The Bertz CT molecular complexity index is 926. The van der Waals surface area contributed by atoms with Crippen LogP contribution in [0.25, 0.3) is 0 Å². The number of carbonyl (C=O) groups is 2. The van der Waals surface area contributed by atoms with E-state index in [9.17, 15) is 9.59 Å². The van der Waals surface area contributed by atoms with Crippen molar-refractivity contribution in [3.8, 4) is 5.75 Å². The van der Waals surface area contributed by atoms with Gasteiger partial charge in [0, 0.05) is 11.3 Å². The molecule has 0 aliphatic carbocycles. The molecule has 0 saturated carbocycles. The number of carbonyl (C=O) groups excluding carboxylic acids is 2. The first kappa shape index (κ1) is 19.6. The summed E-state index contributed by atoms with van der Waals surface area (Å²) in [5, 5.41) is 2.93. The number of nitrogens with zero attached hydrogens (tertiary/aromatic N) is 2. The second kappa shape index (κ2) is 7.46. The Labute approximate surface area is 165 Å². The fourth-order valence-electron chi connectivity index (χ4n) is 3.29. The molecule has 1 aliphatic heterocycles. The van der Waals surface area contributed by atoms with Gasteiger partial charge in [-0.3, -0.25) is 14.6 Å². The lowest BCUT2D eigenvalue weighted by molar-refractivity contribution is -0.131. The molecule has 1 N–H and O–H groups in total. The largest absolute Gasteiger partial charge is 0.497 e. The number of amides is 2. The number of ether oxygens (including phenoxy) is 1. The van der Waals surface area contributed by atoms with E-state index in [1.54, 1.807) is 31.4 Å². The van der Waals surface area contributed by atoms with Gasteiger partial charge < -0.3 is 15.0 Å². The predicted octanol–water partition coefficient (Wildman–Crippen LogP) is 3.32. The number of anilines is 1. The van der Waals surface area contributed by atoms with Gasteiger partial charge in [-0.15, -0.1) is 0 Å². The average molecular weight is 379 g/mol. The molecule has 0 fully saturated rings. The fraction of sp³-hybridized carbons (Fsp3) is 0.318. The molecule has 3 rings (SSSR count). The number of methoxy groups -OCH3 is 1. The van der Waals surface area contributed by atoms with Crippen molar-refractivity contribution in [3.63, 3.8) is 0 Å². The van der Waals surface area contributed by atoms with Gasteiger partial charge in [0.1, 0.15) is 23.7 Å². The van der Waals surface area contributed by atoms with Gasteiger partial charge in [0.25, 0.3) is 5.91 Å². The van der Waals surface area contributed by atoms with Crippen LogP contribution in [0.3, 0.4) is 0 Å². The third-order valence-corrected chi connectivity index (χ3v) is 4.90. The van der Waals surface area contributed by atoms with Crippen LogP contribution in [0.5, 0.6) is 5.75 Å². The maximum atomic E-state index is 13.0. The number of hydrogen-bond donors (Lipinski definition) is 1. The highest BCUT2D eigenvalue weighted by molar-refractivity contribution is 6.47. The molecule has 0 radical (unpaired) electrons. The van der Waals surface area contributed by atoms with Crippen LogP contribution in [-0.2, 0) is 9.59 Å². The van der Waals surface area contributed by atoms with Crippen molar-refractivity contribution in [2.24, 2.45) is 4.99 Å². The van der Waals surface area contributed by atoms with Gasteiger partial charge in [0.15, 0.2) is 0 Å². The minimum atomic E-state index is -0.801.